The second-order valence-electron chi connectivity index (χ2n) is 5.04. The summed E-state index contributed by atoms with van der Waals surface area (Å²) in [4.78, 5) is 1.37. The van der Waals surface area contributed by atoms with Crippen LogP contribution in [0.4, 0.5) is 8.78 Å². The molecule has 2 N–H and O–H groups in total. The summed E-state index contributed by atoms with van der Waals surface area (Å²) >= 11 is 0. The molecule has 3 nitrogen and oxygen atoms in total. The summed E-state index contributed by atoms with van der Waals surface area (Å²) in [6, 6.07) is 9.26. The minimum absolute atomic E-state index is 0.180. The fourth-order valence-corrected chi connectivity index (χ4v) is 2.55. The molecule has 1 aromatic rings. The van der Waals surface area contributed by atoms with Crippen LogP contribution in [0.1, 0.15) is 24.3 Å². The van der Waals surface area contributed by atoms with Crippen molar-refractivity contribution >= 4 is 12.2 Å². The Morgan fingerprint density at radius 1 is 1.37 bits per heavy atom. The third-order valence-electron chi connectivity index (χ3n) is 3.62. The quantitative estimate of drug-likeness (QED) is 0.636. The van der Waals surface area contributed by atoms with Crippen LogP contribution in [0.3, 0.4) is 0 Å². The van der Waals surface area contributed by atoms with E-state index in [1.54, 1.807) is 7.05 Å². The van der Waals surface area contributed by atoms with Crippen molar-refractivity contribution in [1.82, 2.24) is 4.90 Å². The predicted molar refractivity (Wildman–Crippen MR) is 71.1 cm³/mol. The summed E-state index contributed by atoms with van der Waals surface area (Å²) in [6.45, 7) is 0. The maximum atomic E-state index is 13.1. The van der Waals surface area contributed by atoms with Gasteiger partial charge in [0.15, 0.2) is 0 Å². The van der Waals surface area contributed by atoms with E-state index in [4.69, 9.17) is 10.8 Å². The van der Waals surface area contributed by atoms with Gasteiger partial charge in [0.1, 0.15) is 5.84 Å². The van der Waals surface area contributed by atoms with Crippen LogP contribution >= 0.6 is 0 Å². The fraction of sp³-hybridized carbons (Fsp3) is 0.429. The van der Waals surface area contributed by atoms with E-state index in [0.29, 0.717) is 0 Å². The standard InChI is InChI=1S/C14H17F2N3/c1-19(9-17)13(18)12(10-5-3-2-4-6-10)11-7-14(15,16)8-11/h2-6,9,11-12,17-18H,7-8H2,1H3. The monoisotopic (exact) mass is 265 g/mol. The van der Waals surface area contributed by atoms with Crippen LogP contribution in [-0.4, -0.2) is 30.0 Å². The lowest BCUT2D eigenvalue weighted by atomic mass is 9.70. The molecule has 0 amide bonds. The first kappa shape index (κ1) is 13.6. The molecule has 19 heavy (non-hydrogen) atoms. The van der Waals surface area contributed by atoms with Crippen molar-refractivity contribution < 1.29 is 8.78 Å². The number of nitrogens with one attached hydrogen (secondary N) is 2. The smallest absolute Gasteiger partial charge is 0.248 e. The molecule has 1 aromatic carbocycles. The number of rotatable bonds is 4. The first-order valence-corrected chi connectivity index (χ1v) is 6.19. The first-order chi connectivity index (χ1) is 8.94. The van der Waals surface area contributed by atoms with Crippen molar-refractivity contribution in [3.05, 3.63) is 35.9 Å². The summed E-state index contributed by atoms with van der Waals surface area (Å²) in [5.41, 5.74) is 0.863. The van der Waals surface area contributed by atoms with E-state index in [0.717, 1.165) is 11.9 Å². The van der Waals surface area contributed by atoms with Gasteiger partial charge in [-0.05, 0) is 11.5 Å². The molecule has 5 heteroatoms. The topological polar surface area (TPSA) is 50.9 Å². The Morgan fingerprint density at radius 3 is 2.42 bits per heavy atom. The largest absolute Gasteiger partial charge is 0.324 e. The van der Waals surface area contributed by atoms with Crippen LogP contribution in [0.5, 0.6) is 0 Å². The molecule has 1 saturated carbocycles. The number of likely N-dealkylation sites (N-methyl/N-ethyl adjacent to an activating group) is 1. The average Bonchev–Trinajstić information content (AvgIpc) is 2.37. The van der Waals surface area contributed by atoms with Gasteiger partial charge in [-0.3, -0.25) is 10.8 Å². The second-order valence-corrected chi connectivity index (χ2v) is 5.04. The van der Waals surface area contributed by atoms with Gasteiger partial charge >= 0.3 is 0 Å². The number of benzene rings is 1. The summed E-state index contributed by atoms with van der Waals surface area (Å²) in [5, 5.41) is 15.3. The highest BCUT2D eigenvalue weighted by atomic mass is 19.3. The van der Waals surface area contributed by atoms with Gasteiger partial charge in [0, 0.05) is 25.8 Å². The zero-order valence-electron chi connectivity index (χ0n) is 10.7. The maximum absolute atomic E-state index is 13.1. The number of hydrogen-bond acceptors (Lipinski definition) is 2. The summed E-state index contributed by atoms with van der Waals surface area (Å²) in [6.07, 6.45) is 0.677. The van der Waals surface area contributed by atoms with Crippen LogP contribution in [0.15, 0.2) is 30.3 Å². The van der Waals surface area contributed by atoms with Crippen molar-refractivity contribution in [2.75, 3.05) is 7.05 Å². The molecule has 1 unspecified atom stereocenters. The zero-order chi connectivity index (χ0) is 14.0. The molecule has 0 radical (unpaired) electrons. The predicted octanol–water partition coefficient (Wildman–Crippen LogP) is 3.33. The molecule has 1 aliphatic rings. The Kier molecular flexibility index (Phi) is 3.64. The Labute approximate surface area is 111 Å². The lowest BCUT2D eigenvalue weighted by Gasteiger charge is -2.41. The van der Waals surface area contributed by atoms with Crippen molar-refractivity contribution in [1.29, 1.82) is 10.8 Å². The highest BCUT2D eigenvalue weighted by Gasteiger charge is 2.50. The molecule has 1 atom stereocenters. The Hall–Kier alpha value is -1.78. The number of alkyl halides is 2. The second kappa shape index (κ2) is 5.07. The Balaban J connectivity index is 2.25. The van der Waals surface area contributed by atoms with Crippen molar-refractivity contribution in [3.63, 3.8) is 0 Å². The Bertz CT molecular complexity index is 465. The van der Waals surface area contributed by atoms with Gasteiger partial charge in [0.05, 0.1) is 6.34 Å². The van der Waals surface area contributed by atoms with Crippen LogP contribution in [-0.2, 0) is 0 Å². The SMILES string of the molecule is CN(C=N)C(=N)C(c1ccccc1)C1CC(F)(F)C1. The van der Waals surface area contributed by atoms with E-state index < -0.39 is 5.92 Å². The van der Waals surface area contributed by atoms with E-state index in [2.05, 4.69) is 0 Å². The molecule has 0 spiro atoms. The third kappa shape index (κ3) is 2.80. The van der Waals surface area contributed by atoms with Gasteiger partial charge in [-0.15, -0.1) is 0 Å². The number of halogens is 2. The van der Waals surface area contributed by atoms with Gasteiger partial charge in [-0.2, -0.15) is 0 Å². The van der Waals surface area contributed by atoms with Gasteiger partial charge in [0.25, 0.3) is 0 Å². The summed E-state index contributed by atoms with van der Waals surface area (Å²) in [5.74, 6) is -3.00. The van der Waals surface area contributed by atoms with E-state index in [9.17, 15) is 8.78 Å². The molecule has 1 fully saturated rings. The number of nitrogens with zero attached hydrogens (tertiary/aromatic N) is 1. The first-order valence-electron chi connectivity index (χ1n) is 6.19. The summed E-state index contributed by atoms with van der Waals surface area (Å²) in [7, 11) is 1.60. The van der Waals surface area contributed by atoms with Gasteiger partial charge in [0.2, 0.25) is 5.92 Å². The molecular formula is C14H17F2N3. The molecule has 0 saturated heterocycles. The van der Waals surface area contributed by atoms with Crippen molar-refractivity contribution in [3.8, 4) is 0 Å². The molecule has 1 aliphatic carbocycles. The molecule has 0 aromatic heterocycles. The Morgan fingerprint density at radius 2 is 1.95 bits per heavy atom. The van der Waals surface area contributed by atoms with Gasteiger partial charge < -0.3 is 4.90 Å². The van der Waals surface area contributed by atoms with E-state index in [-0.39, 0.29) is 30.5 Å². The van der Waals surface area contributed by atoms with Gasteiger partial charge in [-0.1, -0.05) is 30.3 Å². The highest BCUT2D eigenvalue weighted by Crippen LogP contribution is 2.49. The molecule has 2 rings (SSSR count). The molecule has 0 heterocycles. The molecule has 0 bridgehead atoms. The van der Waals surface area contributed by atoms with Gasteiger partial charge in [-0.25, -0.2) is 8.78 Å². The maximum Gasteiger partial charge on any atom is 0.248 e. The van der Waals surface area contributed by atoms with Crippen LogP contribution in [0, 0.1) is 16.7 Å². The lowest BCUT2D eigenvalue weighted by molar-refractivity contribution is -0.112. The van der Waals surface area contributed by atoms with E-state index in [1.807, 2.05) is 30.3 Å². The van der Waals surface area contributed by atoms with Crippen LogP contribution in [0.2, 0.25) is 0 Å². The third-order valence-corrected chi connectivity index (χ3v) is 3.62. The number of amidine groups is 1. The molecule has 102 valence electrons. The summed E-state index contributed by atoms with van der Waals surface area (Å²) < 4.78 is 26.2. The minimum atomic E-state index is -2.60. The van der Waals surface area contributed by atoms with Crippen LogP contribution in [0.25, 0.3) is 0 Å². The minimum Gasteiger partial charge on any atom is -0.324 e. The lowest BCUT2D eigenvalue weighted by Crippen LogP contribution is -2.44. The normalized spacial score (nSPS) is 19.3. The van der Waals surface area contributed by atoms with E-state index >= 15 is 0 Å². The van der Waals surface area contributed by atoms with E-state index in [1.165, 1.54) is 4.90 Å². The molecule has 0 aliphatic heterocycles. The average molecular weight is 265 g/mol. The zero-order valence-corrected chi connectivity index (χ0v) is 10.7. The van der Waals surface area contributed by atoms with Crippen molar-refractivity contribution in [2.45, 2.75) is 24.7 Å². The molecular weight excluding hydrogens is 248 g/mol. The van der Waals surface area contributed by atoms with Crippen molar-refractivity contribution in [2.24, 2.45) is 5.92 Å². The highest BCUT2D eigenvalue weighted by molar-refractivity contribution is 5.94. The van der Waals surface area contributed by atoms with Crippen LogP contribution < -0.4 is 0 Å². The fourth-order valence-electron chi connectivity index (χ4n) is 2.55. The number of hydrogen-bond donors (Lipinski definition) is 2.